The second-order valence-electron chi connectivity index (χ2n) is 10.9. The molecule has 1 aromatic heterocycles. The molecule has 1 unspecified atom stereocenters. The van der Waals surface area contributed by atoms with Crippen LogP contribution in [0.3, 0.4) is 0 Å². The van der Waals surface area contributed by atoms with Gasteiger partial charge in [0.25, 0.3) is 17.2 Å². The molecule has 0 aliphatic rings. The molecule has 0 aliphatic carbocycles. The fraction of sp³-hybridized carbons (Fsp3) is 0.250. The van der Waals surface area contributed by atoms with Gasteiger partial charge in [0.05, 0.1) is 52.4 Å². The van der Waals surface area contributed by atoms with Gasteiger partial charge in [-0.05, 0) is 72.9 Å². The lowest BCUT2D eigenvalue weighted by Crippen LogP contribution is -2.40. The Morgan fingerprint density at radius 3 is 2.30 bits per heavy atom. The summed E-state index contributed by atoms with van der Waals surface area (Å²) in [7, 11) is 3.11. The van der Waals surface area contributed by atoms with Crippen LogP contribution in [0.4, 0.5) is 5.69 Å². The topological polar surface area (TPSA) is 117 Å². The first-order valence-corrected chi connectivity index (χ1v) is 15.6. The van der Waals surface area contributed by atoms with Gasteiger partial charge >= 0.3 is 0 Å². The van der Waals surface area contributed by atoms with Crippen molar-refractivity contribution in [2.24, 2.45) is 0 Å². The van der Waals surface area contributed by atoms with Gasteiger partial charge in [0.2, 0.25) is 0 Å². The quantitative estimate of drug-likeness (QED) is 0.102. The van der Waals surface area contributed by atoms with Gasteiger partial charge < -0.3 is 14.4 Å². The third-order valence-corrected chi connectivity index (χ3v) is 8.52. The number of benzene rings is 4. The number of hydrogen-bond acceptors (Lipinski definition) is 7. The molecule has 0 N–H and O–H groups in total. The molecule has 47 heavy (non-hydrogen) atoms. The van der Waals surface area contributed by atoms with Crippen LogP contribution in [0.25, 0.3) is 16.6 Å². The third-order valence-electron chi connectivity index (χ3n) is 8.21. The van der Waals surface area contributed by atoms with Gasteiger partial charge in [-0.15, -0.1) is 0 Å². The standard InChI is InChI=1S/C36H35ClN4O6/c1-5-23-11-14-25(15-12-23)40-34(38-30-10-8-7-9-28(30)36(40)43)31(6-2)39(20-19-24-13-18-32(46-3)33(21-24)47-4)35(42)27-17-16-26(41(44)45)22-29(27)37/h7-18,21-22,31H,5-6,19-20H2,1-4H3. The van der Waals surface area contributed by atoms with E-state index in [2.05, 4.69) is 6.92 Å². The van der Waals surface area contributed by atoms with Gasteiger partial charge in [-0.3, -0.25) is 24.3 Å². The van der Waals surface area contributed by atoms with Crippen molar-refractivity contribution in [2.75, 3.05) is 20.8 Å². The molecule has 0 aliphatic heterocycles. The first-order valence-electron chi connectivity index (χ1n) is 15.3. The lowest BCUT2D eigenvalue weighted by atomic mass is 10.0. The summed E-state index contributed by atoms with van der Waals surface area (Å²) >= 11 is 6.50. The zero-order valence-electron chi connectivity index (χ0n) is 26.6. The fourth-order valence-electron chi connectivity index (χ4n) is 5.68. The lowest BCUT2D eigenvalue weighted by Gasteiger charge is -2.33. The van der Waals surface area contributed by atoms with Gasteiger partial charge in [0.1, 0.15) is 5.82 Å². The van der Waals surface area contributed by atoms with Crippen molar-refractivity contribution in [3.05, 3.63) is 133 Å². The molecule has 11 heteroatoms. The maximum Gasteiger partial charge on any atom is 0.270 e. The molecule has 0 bridgehead atoms. The van der Waals surface area contributed by atoms with Crippen molar-refractivity contribution >= 4 is 34.1 Å². The van der Waals surface area contributed by atoms with Gasteiger partial charge in [0.15, 0.2) is 11.5 Å². The third kappa shape index (κ3) is 6.83. The Bertz CT molecular complexity index is 1990. The molecule has 1 heterocycles. The Kier molecular flexibility index (Phi) is 10.2. The van der Waals surface area contributed by atoms with E-state index >= 15 is 0 Å². The van der Waals surface area contributed by atoms with Crippen molar-refractivity contribution in [3.8, 4) is 17.2 Å². The van der Waals surface area contributed by atoms with E-state index in [1.165, 1.54) is 18.2 Å². The predicted molar refractivity (Wildman–Crippen MR) is 182 cm³/mol. The monoisotopic (exact) mass is 654 g/mol. The Balaban J connectivity index is 1.68. The SMILES string of the molecule is CCc1ccc(-n2c(C(CC)N(CCc3ccc(OC)c(OC)c3)C(=O)c3ccc([N+](=O)[O-])cc3Cl)nc3ccccc3c2=O)cc1. The van der Waals surface area contributed by atoms with E-state index < -0.39 is 16.9 Å². The molecule has 0 radical (unpaired) electrons. The fourth-order valence-corrected chi connectivity index (χ4v) is 5.93. The Morgan fingerprint density at radius 2 is 1.66 bits per heavy atom. The van der Waals surface area contributed by atoms with Crippen molar-refractivity contribution in [1.82, 2.24) is 14.5 Å². The number of carbonyl (C=O) groups is 1. The Hall–Kier alpha value is -5.22. The van der Waals surface area contributed by atoms with Crippen LogP contribution < -0.4 is 15.0 Å². The summed E-state index contributed by atoms with van der Waals surface area (Å²) in [5, 5.41) is 11.8. The number of rotatable bonds is 12. The number of fused-ring (bicyclic) bond motifs is 1. The molecule has 0 fully saturated rings. The number of hydrogen-bond donors (Lipinski definition) is 0. The maximum atomic E-state index is 14.5. The normalized spacial score (nSPS) is 11.7. The molecule has 0 saturated carbocycles. The van der Waals surface area contributed by atoms with Crippen molar-refractivity contribution in [2.45, 2.75) is 39.2 Å². The first kappa shape index (κ1) is 33.2. The first-order chi connectivity index (χ1) is 22.7. The summed E-state index contributed by atoms with van der Waals surface area (Å²) in [6.07, 6.45) is 1.65. The summed E-state index contributed by atoms with van der Waals surface area (Å²) in [5.74, 6) is 1.06. The highest BCUT2D eigenvalue weighted by Crippen LogP contribution is 2.32. The second kappa shape index (κ2) is 14.5. The number of aryl methyl sites for hydroxylation is 1. The molecule has 242 valence electrons. The summed E-state index contributed by atoms with van der Waals surface area (Å²) in [5.41, 5.74) is 2.75. The molecular formula is C36H35ClN4O6. The molecule has 5 aromatic rings. The lowest BCUT2D eigenvalue weighted by molar-refractivity contribution is -0.384. The number of para-hydroxylation sites is 1. The minimum Gasteiger partial charge on any atom is -0.493 e. The second-order valence-corrected chi connectivity index (χ2v) is 11.3. The van der Waals surface area contributed by atoms with Crippen LogP contribution in [-0.4, -0.2) is 46.0 Å². The Morgan fingerprint density at radius 1 is 0.957 bits per heavy atom. The molecular weight excluding hydrogens is 620 g/mol. The van der Waals surface area contributed by atoms with Gasteiger partial charge in [0, 0.05) is 18.7 Å². The maximum absolute atomic E-state index is 14.5. The van der Waals surface area contributed by atoms with Crippen LogP contribution in [0, 0.1) is 10.1 Å². The predicted octanol–water partition coefficient (Wildman–Crippen LogP) is 7.36. The van der Waals surface area contributed by atoms with Gasteiger partial charge in [-0.25, -0.2) is 4.98 Å². The van der Waals surface area contributed by atoms with Crippen molar-refractivity contribution in [1.29, 1.82) is 0 Å². The van der Waals surface area contributed by atoms with E-state index in [0.717, 1.165) is 17.5 Å². The van der Waals surface area contributed by atoms with Crippen LogP contribution >= 0.6 is 11.6 Å². The van der Waals surface area contributed by atoms with E-state index in [1.807, 2.05) is 49.4 Å². The highest BCUT2D eigenvalue weighted by molar-refractivity contribution is 6.34. The zero-order chi connectivity index (χ0) is 33.7. The van der Waals surface area contributed by atoms with Gasteiger partial charge in [-0.1, -0.05) is 55.8 Å². The van der Waals surface area contributed by atoms with Crippen LogP contribution in [-0.2, 0) is 12.8 Å². The largest absolute Gasteiger partial charge is 0.493 e. The molecule has 10 nitrogen and oxygen atoms in total. The number of carbonyl (C=O) groups excluding carboxylic acids is 1. The summed E-state index contributed by atoms with van der Waals surface area (Å²) in [4.78, 5) is 46.1. The number of amides is 1. The summed E-state index contributed by atoms with van der Waals surface area (Å²) in [6, 6.07) is 23.5. The molecule has 1 atom stereocenters. The molecule has 1 amide bonds. The molecule has 0 saturated heterocycles. The number of halogens is 1. The minimum absolute atomic E-state index is 0.0471. The average Bonchev–Trinajstić information content (AvgIpc) is 3.09. The van der Waals surface area contributed by atoms with Crippen molar-refractivity contribution in [3.63, 3.8) is 0 Å². The number of ether oxygens (including phenoxy) is 2. The number of nitro groups is 1. The van der Waals surface area contributed by atoms with Crippen LogP contribution in [0.5, 0.6) is 11.5 Å². The van der Waals surface area contributed by atoms with E-state index in [4.69, 9.17) is 26.1 Å². The van der Waals surface area contributed by atoms with E-state index in [-0.39, 0.29) is 28.4 Å². The smallest absolute Gasteiger partial charge is 0.270 e. The van der Waals surface area contributed by atoms with E-state index in [9.17, 15) is 19.7 Å². The molecule has 4 aromatic carbocycles. The van der Waals surface area contributed by atoms with Crippen molar-refractivity contribution < 1.29 is 19.2 Å². The van der Waals surface area contributed by atoms with E-state index in [0.29, 0.717) is 46.8 Å². The number of aromatic nitrogens is 2. The highest BCUT2D eigenvalue weighted by Gasteiger charge is 2.31. The van der Waals surface area contributed by atoms with Gasteiger partial charge in [-0.2, -0.15) is 0 Å². The number of methoxy groups -OCH3 is 2. The molecule has 5 rings (SSSR count). The molecule has 0 spiro atoms. The number of nitro benzene ring substituents is 1. The minimum atomic E-state index is -0.683. The highest BCUT2D eigenvalue weighted by atomic mass is 35.5. The average molecular weight is 655 g/mol. The zero-order valence-corrected chi connectivity index (χ0v) is 27.4. The number of non-ortho nitro benzene ring substituents is 1. The van der Waals surface area contributed by atoms with E-state index in [1.54, 1.807) is 48.0 Å². The van der Waals surface area contributed by atoms with Crippen LogP contribution in [0.1, 0.15) is 53.6 Å². The summed E-state index contributed by atoms with van der Waals surface area (Å²) < 4.78 is 12.5. The number of nitrogens with zero attached hydrogens (tertiary/aromatic N) is 4. The summed E-state index contributed by atoms with van der Waals surface area (Å²) in [6.45, 7) is 4.19. The van der Waals surface area contributed by atoms with Crippen LogP contribution in [0.2, 0.25) is 5.02 Å². The Labute approximate surface area is 277 Å². The van der Waals surface area contributed by atoms with Crippen LogP contribution in [0.15, 0.2) is 89.7 Å².